The third-order valence-electron chi connectivity index (χ3n) is 2.87. The van der Waals surface area contributed by atoms with E-state index in [9.17, 15) is 15.2 Å². The topological polar surface area (TPSA) is 79.5 Å². The number of rotatable bonds is 4. The van der Waals surface area contributed by atoms with E-state index in [4.69, 9.17) is 0 Å². The van der Waals surface area contributed by atoms with E-state index in [1.165, 1.54) is 6.07 Å². The Morgan fingerprint density at radius 2 is 2.21 bits per heavy atom. The van der Waals surface area contributed by atoms with E-state index in [1.54, 1.807) is 31.3 Å². The van der Waals surface area contributed by atoms with Gasteiger partial charge < -0.3 is 10.0 Å². The zero-order valence-electron chi connectivity index (χ0n) is 10.8. The summed E-state index contributed by atoms with van der Waals surface area (Å²) in [5, 5.41) is 21.1. The van der Waals surface area contributed by atoms with Gasteiger partial charge in [-0.15, -0.1) is 0 Å². The van der Waals surface area contributed by atoms with E-state index in [2.05, 4.69) is 4.98 Å². The third-order valence-corrected chi connectivity index (χ3v) is 2.87. The van der Waals surface area contributed by atoms with Crippen molar-refractivity contribution >= 4 is 22.3 Å². The number of nitro benzene ring substituents is 1. The molecule has 100 valence electrons. The third kappa shape index (κ3) is 2.63. The van der Waals surface area contributed by atoms with Crippen molar-refractivity contribution in [1.29, 1.82) is 0 Å². The molecule has 2 rings (SSSR count). The van der Waals surface area contributed by atoms with Crippen LogP contribution in [0.15, 0.2) is 30.5 Å². The van der Waals surface area contributed by atoms with E-state index in [-0.39, 0.29) is 5.69 Å². The summed E-state index contributed by atoms with van der Waals surface area (Å²) < 4.78 is 0. The number of benzene rings is 1. The zero-order chi connectivity index (χ0) is 14.0. The minimum absolute atomic E-state index is 0.00945. The predicted octanol–water partition coefficient (Wildman–Crippen LogP) is 1.96. The number of aliphatic hydroxyl groups is 1. The molecule has 0 saturated carbocycles. The molecule has 19 heavy (non-hydrogen) atoms. The molecule has 1 unspecified atom stereocenters. The van der Waals surface area contributed by atoms with Crippen LogP contribution in [-0.2, 0) is 0 Å². The van der Waals surface area contributed by atoms with E-state index in [0.29, 0.717) is 17.4 Å². The van der Waals surface area contributed by atoms with E-state index < -0.39 is 11.0 Å². The van der Waals surface area contributed by atoms with Crippen LogP contribution in [0, 0.1) is 10.1 Å². The molecule has 1 N–H and O–H groups in total. The lowest BCUT2D eigenvalue weighted by Gasteiger charge is -2.22. The molecular formula is C13H15N3O3. The lowest BCUT2D eigenvalue weighted by molar-refractivity contribution is -0.383. The molecule has 6 heteroatoms. The van der Waals surface area contributed by atoms with E-state index in [1.807, 2.05) is 11.9 Å². The molecule has 2 aromatic rings. The van der Waals surface area contributed by atoms with Crippen molar-refractivity contribution in [2.24, 2.45) is 0 Å². The van der Waals surface area contributed by atoms with E-state index >= 15 is 0 Å². The number of non-ortho nitro benzene ring substituents is 1. The van der Waals surface area contributed by atoms with Crippen LogP contribution in [0.2, 0.25) is 0 Å². The fourth-order valence-corrected chi connectivity index (χ4v) is 2.12. The quantitative estimate of drug-likeness (QED) is 0.672. The summed E-state index contributed by atoms with van der Waals surface area (Å²) in [6.07, 6.45) is 1.07. The highest BCUT2D eigenvalue weighted by Crippen LogP contribution is 2.30. The molecule has 0 aliphatic carbocycles. The Morgan fingerprint density at radius 1 is 1.47 bits per heavy atom. The lowest BCUT2D eigenvalue weighted by atomic mass is 10.1. The van der Waals surface area contributed by atoms with Crippen LogP contribution in [0.1, 0.15) is 6.92 Å². The molecule has 0 bridgehead atoms. The van der Waals surface area contributed by atoms with Gasteiger partial charge in [0.05, 0.1) is 11.0 Å². The Labute approximate surface area is 110 Å². The molecule has 0 spiro atoms. The molecule has 0 amide bonds. The first-order valence-corrected chi connectivity index (χ1v) is 5.92. The number of fused-ring (bicyclic) bond motifs is 1. The van der Waals surface area contributed by atoms with Gasteiger partial charge in [0.1, 0.15) is 5.52 Å². The van der Waals surface area contributed by atoms with Gasteiger partial charge in [-0.2, -0.15) is 0 Å². The van der Waals surface area contributed by atoms with Crippen molar-refractivity contribution < 1.29 is 10.0 Å². The van der Waals surface area contributed by atoms with Crippen LogP contribution in [-0.4, -0.2) is 34.7 Å². The summed E-state index contributed by atoms with van der Waals surface area (Å²) in [5.74, 6) is 0. The number of hydrogen-bond acceptors (Lipinski definition) is 5. The highest BCUT2D eigenvalue weighted by Gasteiger charge is 2.16. The first kappa shape index (κ1) is 13.2. The molecule has 1 aromatic carbocycles. The second-order valence-electron chi connectivity index (χ2n) is 4.49. The van der Waals surface area contributed by atoms with Crippen LogP contribution < -0.4 is 4.90 Å². The average Bonchev–Trinajstić information content (AvgIpc) is 2.36. The average molecular weight is 261 g/mol. The molecule has 6 nitrogen and oxygen atoms in total. The number of hydrogen-bond donors (Lipinski definition) is 1. The van der Waals surface area contributed by atoms with Gasteiger partial charge in [0, 0.05) is 36.9 Å². The minimum Gasteiger partial charge on any atom is -0.392 e. The molecule has 1 atom stereocenters. The van der Waals surface area contributed by atoms with Crippen LogP contribution in [0.5, 0.6) is 0 Å². The summed E-state index contributed by atoms with van der Waals surface area (Å²) >= 11 is 0. The molecule has 0 fully saturated rings. The number of likely N-dealkylation sites (N-methyl/N-ethyl adjacent to an activating group) is 1. The molecule has 0 aliphatic rings. The molecule has 1 heterocycles. The summed E-state index contributed by atoms with van der Waals surface area (Å²) in [4.78, 5) is 16.5. The number of aliphatic hydroxyl groups excluding tert-OH is 1. The zero-order valence-corrected chi connectivity index (χ0v) is 10.8. The predicted molar refractivity (Wildman–Crippen MR) is 73.3 cm³/mol. The van der Waals surface area contributed by atoms with Gasteiger partial charge in [0.25, 0.3) is 5.69 Å². The van der Waals surface area contributed by atoms with Gasteiger partial charge in [-0.1, -0.05) is 12.1 Å². The first-order valence-electron chi connectivity index (χ1n) is 5.92. The van der Waals surface area contributed by atoms with Crippen molar-refractivity contribution in [3.8, 4) is 0 Å². The normalized spacial score (nSPS) is 12.4. The maximum Gasteiger partial charge on any atom is 0.295 e. The van der Waals surface area contributed by atoms with Crippen molar-refractivity contribution in [3.05, 3.63) is 40.6 Å². The Morgan fingerprint density at radius 3 is 2.84 bits per heavy atom. The first-order chi connectivity index (χ1) is 9.00. The smallest absolute Gasteiger partial charge is 0.295 e. The molecule has 0 saturated heterocycles. The van der Waals surface area contributed by atoms with Crippen LogP contribution in [0.3, 0.4) is 0 Å². The summed E-state index contributed by atoms with van der Waals surface area (Å²) in [5.41, 5.74) is 1.17. The van der Waals surface area contributed by atoms with Crippen molar-refractivity contribution in [3.63, 3.8) is 0 Å². The molecule has 1 aromatic heterocycles. The number of nitrogens with zero attached hydrogens (tertiary/aromatic N) is 3. The fourth-order valence-electron chi connectivity index (χ4n) is 2.12. The number of anilines is 1. The summed E-state index contributed by atoms with van der Waals surface area (Å²) in [6.45, 7) is 2.14. The molecule has 0 aliphatic heterocycles. The van der Waals surface area contributed by atoms with Crippen LogP contribution in [0.25, 0.3) is 10.9 Å². The Bertz CT molecular complexity index is 613. The number of para-hydroxylation sites is 1. The number of nitro groups is 1. The standard InChI is InChI=1S/C13H15N3O3/c1-9(17)8-15(2)11-6-7-14-13-10(11)4-3-5-12(13)16(18)19/h3-7,9,17H,8H2,1-2H3. The van der Waals surface area contributed by atoms with E-state index in [0.717, 1.165) is 5.69 Å². The lowest BCUT2D eigenvalue weighted by Crippen LogP contribution is -2.27. The Hall–Kier alpha value is -2.21. The highest BCUT2D eigenvalue weighted by atomic mass is 16.6. The largest absolute Gasteiger partial charge is 0.392 e. The van der Waals surface area contributed by atoms with Gasteiger partial charge in [0.15, 0.2) is 0 Å². The summed E-state index contributed by atoms with van der Waals surface area (Å²) in [6, 6.07) is 6.66. The van der Waals surface area contributed by atoms with Gasteiger partial charge in [0.2, 0.25) is 0 Å². The fraction of sp³-hybridized carbons (Fsp3) is 0.308. The second kappa shape index (κ2) is 5.19. The summed E-state index contributed by atoms with van der Waals surface area (Å²) in [7, 11) is 1.83. The Kier molecular flexibility index (Phi) is 3.62. The maximum atomic E-state index is 11.0. The van der Waals surface area contributed by atoms with Crippen LogP contribution >= 0.6 is 0 Å². The van der Waals surface area contributed by atoms with Crippen molar-refractivity contribution in [1.82, 2.24) is 4.98 Å². The van der Waals surface area contributed by atoms with Crippen molar-refractivity contribution in [2.75, 3.05) is 18.5 Å². The monoisotopic (exact) mass is 261 g/mol. The SMILES string of the molecule is CC(O)CN(C)c1ccnc2c([N+](=O)[O-])cccc12. The number of pyridine rings is 1. The molecule has 0 radical (unpaired) electrons. The van der Waals surface area contributed by atoms with Crippen molar-refractivity contribution in [2.45, 2.75) is 13.0 Å². The molecular weight excluding hydrogens is 246 g/mol. The van der Waals surface area contributed by atoms with Gasteiger partial charge in [-0.3, -0.25) is 10.1 Å². The Balaban J connectivity index is 2.58. The van der Waals surface area contributed by atoms with Gasteiger partial charge >= 0.3 is 0 Å². The van der Waals surface area contributed by atoms with Gasteiger partial charge in [-0.05, 0) is 13.0 Å². The van der Waals surface area contributed by atoms with Crippen LogP contribution in [0.4, 0.5) is 11.4 Å². The highest BCUT2D eigenvalue weighted by molar-refractivity contribution is 5.96. The number of aromatic nitrogens is 1. The second-order valence-corrected chi connectivity index (χ2v) is 4.49. The maximum absolute atomic E-state index is 11.0. The minimum atomic E-state index is -0.480. The van der Waals surface area contributed by atoms with Gasteiger partial charge in [-0.25, -0.2) is 4.98 Å².